The minimum atomic E-state index is 0.907. The lowest BCUT2D eigenvalue weighted by molar-refractivity contribution is 0.127. The van der Waals surface area contributed by atoms with Crippen molar-refractivity contribution in [3.8, 4) is 0 Å². The highest BCUT2D eigenvalue weighted by Gasteiger charge is 2.33. The molecule has 3 aliphatic carbocycles. The van der Waals surface area contributed by atoms with Crippen LogP contribution in [-0.2, 0) is 0 Å². The smallest absolute Gasteiger partial charge is 0.0205 e. The Labute approximate surface area is 171 Å². The summed E-state index contributed by atoms with van der Waals surface area (Å²) in [5.41, 5.74) is 0. The molecule has 0 bridgehead atoms. The van der Waals surface area contributed by atoms with Gasteiger partial charge in [-0.2, -0.15) is 0 Å². The molecule has 27 heavy (non-hydrogen) atoms. The van der Waals surface area contributed by atoms with Gasteiger partial charge in [-0.1, -0.05) is 77.4 Å². The molecule has 0 amide bonds. The second-order valence-corrected chi connectivity index (χ2v) is 10.5. The van der Waals surface area contributed by atoms with Crippen LogP contribution < -0.4 is 0 Å². The van der Waals surface area contributed by atoms with Crippen LogP contribution in [0.3, 0.4) is 0 Å². The van der Waals surface area contributed by atoms with E-state index < -0.39 is 0 Å². The Kier molecular flexibility index (Phi) is 9.27. The van der Waals surface area contributed by atoms with Crippen LogP contribution in [-0.4, -0.2) is 0 Å². The van der Waals surface area contributed by atoms with E-state index in [4.69, 9.17) is 0 Å². The van der Waals surface area contributed by atoms with E-state index in [-0.39, 0.29) is 0 Å². The van der Waals surface area contributed by atoms with Crippen LogP contribution in [0.25, 0.3) is 0 Å². The first kappa shape index (κ1) is 21.4. The third kappa shape index (κ3) is 6.64. The van der Waals surface area contributed by atoms with Gasteiger partial charge < -0.3 is 0 Å². The van der Waals surface area contributed by atoms with Crippen LogP contribution in [0, 0.1) is 35.5 Å². The van der Waals surface area contributed by atoms with Crippen molar-refractivity contribution in [1.82, 2.24) is 0 Å². The molecule has 0 heterocycles. The molecule has 0 aromatic rings. The molecule has 0 radical (unpaired) electrons. The van der Waals surface area contributed by atoms with E-state index in [1.807, 2.05) is 0 Å². The van der Waals surface area contributed by atoms with Gasteiger partial charge in [-0.15, -0.1) is 0 Å². The normalized spacial score (nSPS) is 37.4. The van der Waals surface area contributed by atoms with Crippen molar-refractivity contribution < 1.29 is 0 Å². The summed E-state index contributed by atoms with van der Waals surface area (Å²) in [6.07, 6.45) is 30.7. The summed E-state index contributed by atoms with van der Waals surface area (Å²) >= 11 is 0. The molecule has 2 saturated carbocycles. The molecule has 0 aromatic carbocycles. The fourth-order valence-electron chi connectivity index (χ4n) is 6.67. The van der Waals surface area contributed by atoms with E-state index in [1.54, 1.807) is 38.5 Å². The maximum Gasteiger partial charge on any atom is -0.0205 e. The summed E-state index contributed by atoms with van der Waals surface area (Å²) in [7, 11) is 0. The highest BCUT2D eigenvalue weighted by Crippen LogP contribution is 2.45. The molecule has 156 valence electrons. The zero-order chi connectivity index (χ0) is 18.9. The second-order valence-electron chi connectivity index (χ2n) is 10.5. The van der Waals surface area contributed by atoms with Gasteiger partial charge in [0.05, 0.1) is 0 Å². The predicted octanol–water partition coefficient (Wildman–Crippen LogP) is 8.95. The molecule has 3 aliphatic rings. The van der Waals surface area contributed by atoms with Crippen molar-refractivity contribution in [2.24, 2.45) is 35.5 Å². The first-order valence-corrected chi connectivity index (χ1v) is 13.0. The topological polar surface area (TPSA) is 0 Å². The lowest BCUT2D eigenvalue weighted by Gasteiger charge is -2.40. The van der Waals surface area contributed by atoms with Gasteiger partial charge in [-0.25, -0.2) is 0 Å². The van der Waals surface area contributed by atoms with Crippen molar-refractivity contribution in [2.75, 3.05) is 0 Å². The molecule has 2 unspecified atom stereocenters. The van der Waals surface area contributed by atoms with Crippen molar-refractivity contribution in [2.45, 2.75) is 123 Å². The minimum Gasteiger partial charge on any atom is -0.0851 e. The van der Waals surface area contributed by atoms with Crippen molar-refractivity contribution >= 4 is 0 Å². The number of hydrogen-bond acceptors (Lipinski definition) is 0. The van der Waals surface area contributed by atoms with Gasteiger partial charge >= 0.3 is 0 Å². The fraction of sp³-hybridized carbons (Fsp3) is 0.926. The Morgan fingerprint density at radius 3 is 1.78 bits per heavy atom. The lowest BCUT2D eigenvalue weighted by atomic mass is 9.66. The highest BCUT2D eigenvalue weighted by molar-refractivity contribution is 5.01. The van der Waals surface area contributed by atoms with Crippen molar-refractivity contribution in [1.29, 1.82) is 0 Å². The SMILES string of the molecule is CCCCCC1CCC(C2CCC(C3C=CC(CCCC)CC3)CC2)CC1. The summed E-state index contributed by atoms with van der Waals surface area (Å²) in [5, 5.41) is 0. The molecule has 0 nitrogen and oxygen atoms in total. The average molecular weight is 373 g/mol. The first-order chi connectivity index (χ1) is 13.3. The Morgan fingerprint density at radius 2 is 1.19 bits per heavy atom. The second kappa shape index (κ2) is 11.7. The summed E-state index contributed by atoms with van der Waals surface area (Å²) in [5.74, 6) is 6.12. The standard InChI is InChI=1S/C27H48/c1-3-5-7-9-23-12-16-25(17-13-23)27-20-18-26(19-21-27)24-14-10-22(11-15-24)8-6-4-2/h10,14,22-27H,3-9,11-13,15-21H2,1-2H3. The molecule has 0 spiro atoms. The molecule has 0 aromatic heterocycles. The van der Waals surface area contributed by atoms with Gasteiger partial charge in [0.15, 0.2) is 0 Å². The van der Waals surface area contributed by atoms with Gasteiger partial charge in [0, 0.05) is 0 Å². The van der Waals surface area contributed by atoms with Crippen molar-refractivity contribution in [3.05, 3.63) is 12.2 Å². The number of hydrogen-bond donors (Lipinski definition) is 0. The van der Waals surface area contributed by atoms with E-state index in [0.717, 1.165) is 35.5 Å². The summed E-state index contributed by atoms with van der Waals surface area (Å²) < 4.78 is 0. The quantitative estimate of drug-likeness (QED) is 0.280. The Morgan fingerprint density at radius 1 is 0.556 bits per heavy atom. The third-order valence-electron chi connectivity index (χ3n) is 8.63. The molecule has 3 rings (SSSR count). The van der Waals surface area contributed by atoms with E-state index in [9.17, 15) is 0 Å². The van der Waals surface area contributed by atoms with Crippen LogP contribution in [0.5, 0.6) is 0 Å². The Bertz CT molecular complexity index is 406. The van der Waals surface area contributed by atoms with E-state index >= 15 is 0 Å². The molecule has 0 heteroatoms. The minimum absolute atomic E-state index is 0.907. The van der Waals surface area contributed by atoms with Gasteiger partial charge in [-0.05, 0) is 93.3 Å². The average Bonchev–Trinajstić information content (AvgIpc) is 2.73. The molecular formula is C27H48. The summed E-state index contributed by atoms with van der Waals surface area (Å²) in [4.78, 5) is 0. The fourth-order valence-corrected chi connectivity index (χ4v) is 6.67. The number of allylic oxidation sites excluding steroid dienone is 2. The summed E-state index contributed by atoms with van der Waals surface area (Å²) in [6.45, 7) is 4.66. The van der Waals surface area contributed by atoms with Crippen molar-refractivity contribution in [3.63, 3.8) is 0 Å². The molecule has 2 fully saturated rings. The molecule has 2 atom stereocenters. The Hall–Kier alpha value is -0.260. The van der Waals surface area contributed by atoms with Crippen LogP contribution >= 0.6 is 0 Å². The van der Waals surface area contributed by atoms with Crippen LogP contribution in [0.4, 0.5) is 0 Å². The van der Waals surface area contributed by atoms with Crippen LogP contribution in [0.1, 0.15) is 123 Å². The zero-order valence-corrected chi connectivity index (χ0v) is 18.6. The molecule has 0 aliphatic heterocycles. The van der Waals surface area contributed by atoms with Gasteiger partial charge in [0.2, 0.25) is 0 Å². The monoisotopic (exact) mass is 372 g/mol. The number of unbranched alkanes of at least 4 members (excludes halogenated alkanes) is 3. The highest BCUT2D eigenvalue weighted by atomic mass is 14.4. The third-order valence-corrected chi connectivity index (χ3v) is 8.63. The first-order valence-electron chi connectivity index (χ1n) is 13.0. The molecule has 0 N–H and O–H groups in total. The number of rotatable bonds is 9. The summed E-state index contributed by atoms with van der Waals surface area (Å²) in [6, 6.07) is 0. The maximum absolute atomic E-state index is 2.65. The van der Waals surface area contributed by atoms with Gasteiger partial charge in [0.25, 0.3) is 0 Å². The lowest BCUT2D eigenvalue weighted by Crippen LogP contribution is -2.28. The van der Waals surface area contributed by atoms with Crippen LogP contribution in [0.15, 0.2) is 12.2 Å². The van der Waals surface area contributed by atoms with E-state index in [0.29, 0.717) is 0 Å². The largest absolute Gasteiger partial charge is 0.0851 e. The van der Waals surface area contributed by atoms with Gasteiger partial charge in [-0.3, -0.25) is 0 Å². The predicted molar refractivity (Wildman–Crippen MR) is 120 cm³/mol. The molecule has 0 saturated heterocycles. The maximum atomic E-state index is 2.65. The van der Waals surface area contributed by atoms with E-state index in [1.165, 1.54) is 70.6 Å². The Balaban J connectivity index is 1.34. The van der Waals surface area contributed by atoms with E-state index in [2.05, 4.69) is 26.0 Å². The molecular weight excluding hydrogens is 324 g/mol. The zero-order valence-electron chi connectivity index (χ0n) is 18.6. The van der Waals surface area contributed by atoms with Crippen LogP contribution in [0.2, 0.25) is 0 Å². The van der Waals surface area contributed by atoms with Gasteiger partial charge in [0.1, 0.15) is 0 Å².